The Morgan fingerprint density at radius 2 is 2.26 bits per heavy atom. The maximum Gasteiger partial charge on any atom is 0.0779 e. The van der Waals surface area contributed by atoms with E-state index in [0.29, 0.717) is 18.7 Å². The Morgan fingerprint density at radius 1 is 1.37 bits per heavy atom. The Balaban J connectivity index is 1.83. The molecule has 0 radical (unpaired) electrons. The quantitative estimate of drug-likeness (QED) is 0.929. The summed E-state index contributed by atoms with van der Waals surface area (Å²) in [5, 5.41) is 0. The normalized spacial score (nSPS) is 26.5. The molecule has 1 saturated carbocycles. The van der Waals surface area contributed by atoms with Crippen LogP contribution >= 0.6 is 15.9 Å². The summed E-state index contributed by atoms with van der Waals surface area (Å²) in [5.74, 6) is 0. The van der Waals surface area contributed by atoms with E-state index in [2.05, 4.69) is 39.0 Å². The zero-order valence-electron chi connectivity index (χ0n) is 11.1. The maximum absolute atomic E-state index is 5.88. The van der Waals surface area contributed by atoms with Gasteiger partial charge in [0.2, 0.25) is 0 Å². The van der Waals surface area contributed by atoms with Crippen LogP contribution in [-0.4, -0.2) is 31.8 Å². The first-order valence-electron chi connectivity index (χ1n) is 7.16. The summed E-state index contributed by atoms with van der Waals surface area (Å²) in [7, 11) is 0. The van der Waals surface area contributed by atoms with Crippen LogP contribution in [0.4, 0.5) is 5.69 Å². The number of nitrogens with zero attached hydrogens (tertiary/aromatic N) is 1. The summed E-state index contributed by atoms with van der Waals surface area (Å²) in [5.41, 5.74) is 8.24. The highest BCUT2D eigenvalue weighted by Crippen LogP contribution is 2.34. The van der Waals surface area contributed by atoms with Gasteiger partial charge in [0.25, 0.3) is 0 Å². The number of hydrogen-bond donors (Lipinski definition) is 1. The van der Waals surface area contributed by atoms with Crippen molar-refractivity contribution in [3.8, 4) is 0 Å². The maximum atomic E-state index is 5.88. The number of ether oxygens (including phenoxy) is 1. The molecular weight excluding hydrogens is 304 g/mol. The SMILES string of the molecule is NCCc1ccc(N2CCOC3CCCC32)cc1Br. The summed E-state index contributed by atoms with van der Waals surface area (Å²) >= 11 is 3.67. The van der Waals surface area contributed by atoms with E-state index >= 15 is 0 Å². The van der Waals surface area contributed by atoms with Crippen molar-refractivity contribution >= 4 is 21.6 Å². The number of hydrogen-bond acceptors (Lipinski definition) is 3. The van der Waals surface area contributed by atoms with Crippen molar-refractivity contribution in [3.05, 3.63) is 28.2 Å². The van der Waals surface area contributed by atoms with E-state index in [1.165, 1.54) is 35.0 Å². The molecule has 2 fully saturated rings. The smallest absolute Gasteiger partial charge is 0.0779 e. The van der Waals surface area contributed by atoms with E-state index < -0.39 is 0 Å². The van der Waals surface area contributed by atoms with Crippen LogP contribution < -0.4 is 10.6 Å². The lowest BCUT2D eigenvalue weighted by Crippen LogP contribution is -2.48. The van der Waals surface area contributed by atoms with Gasteiger partial charge in [-0.25, -0.2) is 0 Å². The van der Waals surface area contributed by atoms with Crippen LogP contribution in [0.2, 0.25) is 0 Å². The fourth-order valence-corrected chi connectivity index (χ4v) is 3.88. The zero-order valence-corrected chi connectivity index (χ0v) is 12.7. The highest BCUT2D eigenvalue weighted by molar-refractivity contribution is 9.10. The van der Waals surface area contributed by atoms with Crippen LogP contribution in [0.15, 0.2) is 22.7 Å². The van der Waals surface area contributed by atoms with E-state index in [0.717, 1.165) is 19.6 Å². The van der Waals surface area contributed by atoms with E-state index in [1.807, 2.05) is 0 Å². The van der Waals surface area contributed by atoms with Crippen LogP contribution in [0.25, 0.3) is 0 Å². The Labute approximate surface area is 123 Å². The second-order valence-corrected chi connectivity index (χ2v) is 6.27. The van der Waals surface area contributed by atoms with Gasteiger partial charge in [-0.2, -0.15) is 0 Å². The molecule has 19 heavy (non-hydrogen) atoms. The molecule has 1 aromatic carbocycles. The van der Waals surface area contributed by atoms with Crippen LogP contribution in [0, 0.1) is 0 Å². The average molecular weight is 325 g/mol. The number of halogens is 1. The molecule has 3 nitrogen and oxygen atoms in total. The van der Waals surface area contributed by atoms with Gasteiger partial charge in [0.1, 0.15) is 0 Å². The van der Waals surface area contributed by atoms with Crippen LogP contribution in [0.1, 0.15) is 24.8 Å². The summed E-state index contributed by atoms with van der Waals surface area (Å²) < 4.78 is 7.05. The van der Waals surface area contributed by atoms with Gasteiger partial charge in [-0.15, -0.1) is 0 Å². The highest BCUT2D eigenvalue weighted by Gasteiger charge is 2.36. The Bertz CT molecular complexity index is 452. The number of morpholine rings is 1. The summed E-state index contributed by atoms with van der Waals surface area (Å²) in [6.07, 6.45) is 5.13. The van der Waals surface area contributed by atoms with Crippen molar-refractivity contribution in [2.45, 2.75) is 37.8 Å². The van der Waals surface area contributed by atoms with E-state index in [9.17, 15) is 0 Å². The van der Waals surface area contributed by atoms with Gasteiger partial charge < -0.3 is 15.4 Å². The third-order valence-electron chi connectivity index (χ3n) is 4.26. The van der Waals surface area contributed by atoms with Crippen molar-refractivity contribution in [3.63, 3.8) is 0 Å². The summed E-state index contributed by atoms with van der Waals surface area (Å²) in [6, 6.07) is 7.24. The van der Waals surface area contributed by atoms with E-state index in [1.54, 1.807) is 0 Å². The minimum absolute atomic E-state index is 0.441. The second kappa shape index (κ2) is 5.81. The predicted molar refractivity (Wildman–Crippen MR) is 81.6 cm³/mol. The minimum Gasteiger partial charge on any atom is -0.374 e. The first-order valence-corrected chi connectivity index (χ1v) is 7.95. The third-order valence-corrected chi connectivity index (χ3v) is 5.00. The fourth-order valence-electron chi connectivity index (χ4n) is 3.32. The van der Waals surface area contributed by atoms with Gasteiger partial charge in [-0.05, 0) is 49.9 Å². The Kier molecular flexibility index (Phi) is 4.10. The monoisotopic (exact) mass is 324 g/mol. The number of nitrogens with two attached hydrogens (primary N) is 1. The molecule has 3 rings (SSSR count). The molecule has 0 aromatic heterocycles. The molecule has 4 heteroatoms. The molecule has 1 saturated heterocycles. The molecule has 2 atom stereocenters. The first kappa shape index (κ1) is 13.4. The lowest BCUT2D eigenvalue weighted by atomic mass is 10.1. The summed E-state index contributed by atoms with van der Waals surface area (Å²) in [6.45, 7) is 2.55. The highest BCUT2D eigenvalue weighted by atomic mass is 79.9. The Morgan fingerprint density at radius 3 is 3.05 bits per heavy atom. The average Bonchev–Trinajstić information content (AvgIpc) is 2.89. The van der Waals surface area contributed by atoms with Gasteiger partial charge in [-0.3, -0.25) is 0 Å². The number of anilines is 1. The molecule has 1 aromatic rings. The zero-order chi connectivity index (χ0) is 13.2. The molecule has 0 spiro atoms. The van der Waals surface area contributed by atoms with Gasteiger partial charge in [0.05, 0.1) is 18.8 Å². The first-order chi connectivity index (χ1) is 9.29. The van der Waals surface area contributed by atoms with Gasteiger partial charge in [-0.1, -0.05) is 22.0 Å². The summed E-state index contributed by atoms with van der Waals surface area (Å²) in [4.78, 5) is 2.53. The number of fused-ring (bicyclic) bond motifs is 1. The molecule has 0 amide bonds. The van der Waals surface area contributed by atoms with Crippen molar-refractivity contribution in [1.29, 1.82) is 0 Å². The lowest BCUT2D eigenvalue weighted by Gasteiger charge is -2.39. The third kappa shape index (κ3) is 2.67. The molecule has 104 valence electrons. The number of rotatable bonds is 3. The van der Waals surface area contributed by atoms with Crippen molar-refractivity contribution in [1.82, 2.24) is 0 Å². The lowest BCUT2D eigenvalue weighted by molar-refractivity contribution is 0.0256. The molecule has 2 unspecified atom stereocenters. The molecule has 2 N–H and O–H groups in total. The van der Waals surface area contributed by atoms with Crippen LogP contribution in [-0.2, 0) is 11.2 Å². The van der Waals surface area contributed by atoms with Crippen molar-refractivity contribution in [2.24, 2.45) is 5.73 Å². The van der Waals surface area contributed by atoms with Crippen molar-refractivity contribution < 1.29 is 4.74 Å². The number of benzene rings is 1. The molecular formula is C15H21BrN2O. The van der Waals surface area contributed by atoms with Gasteiger partial charge in [0.15, 0.2) is 0 Å². The predicted octanol–water partition coefficient (Wildman–Crippen LogP) is 2.71. The molecule has 1 heterocycles. The van der Waals surface area contributed by atoms with Gasteiger partial charge >= 0.3 is 0 Å². The van der Waals surface area contributed by atoms with Crippen LogP contribution in [0.5, 0.6) is 0 Å². The molecule has 1 aliphatic heterocycles. The topological polar surface area (TPSA) is 38.5 Å². The standard InChI is InChI=1S/C15H21BrN2O/c16-13-10-12(5-4-11(13)6-7-17)18-8-9-19-15-3-1-2-14(15)18/h4-5,10,14-15H,1-3,6-9,17H2. The molecule has 1 aliphatic carbocycles. The second-order valence-electron chi connectivity index (χ2n) is 5.42. The van der Waals surface area contributed by atoms with Crippen LogP contribution in [0.3, 0.4) is 0 Å². The largest absolute Gasteiger partial charge is 0.374 e. The molecule has 2 aliphatic rings. The van der Waals surface area contributed by atoms with Gasteiger partial charge in [0, 0.05) is 16.7 Å². The van der Waals surface area contributed by atoms with E-state index in [4.69, 9.17) is 10.5 Å². The fraction of sp³-hybridized carbons (Fsp3) is 0.600. The van der Waals surface area contributed by atoms with Crippen molar-refractivity contribution in [2.75, 3.05) is 24.6 Å². The van der Waals surface area contributed by atoms with E-state index in [-0.39, 0.29) is 0 Å². The Hall–Kier alpha value is -0.580. The minimum atomic E-state index is 0.441. The molecule has 0 bridgehead atoms.